The van der Waals surface area contributed by atoms with Crippen molar-refractivity contribution in [2.75, 3.05) is 19.6 Å². The first-order valence-electron chi connectivity index (χ1n) is 7.62. The lowest BCUT2D eigenvalue weighted by atomic mass is 9.90. The molecule has 2 heterocycles. The van der Waals surface area contributed by atoms with Crippen molar-refractivity contribution in [2.24, 2.45) is 11.1 Å². The minimum absolute atomic E-state index is 0.0489. The summed E-state index contributed by atoms with van der Waals surface area (Å²) in [6.45, 7) is 10.7. The topological polar surface area (TPSA) is 38.5 Å². The van der Waals surface area contributed by atoms with E-state index in [1.807, 2.05) is 0 Å². The van der Waals surface area contributed by atoms with E-state index in [0.717, 1.165) is 38.3 Å². The van der Waals surface area contributed by atoms with Gasteiger partial charge in [-0.05, 0) is 56.0 Å². The SMILES string of the molecule is CC1(CN)CCN(Cc2ccc3c(c2)CC(C)(C)O3)C1. The molecular formula is C17H26N2O. The lowest BCUT2D eigenvalue weighted by Crippen LogP contribution is -2.31. The molecule has 1 unspecified atom stereocenters. The van der Waals surface area contributed by atoms with Crippen LogP contribution in [0.15, 0.2) is 18.2 Å². The fraction of sp³-hybridized carbons (Fsp3) is 0.647. The molecule has 1 aromatic rings. The summed E-state index contributed by atoms with van der Waals surface area (Å²) in [4.78, 5) is 2.52. The highest BCUT2D eigenvalue weighted by atomic mass is 16.5. The third kappa shape index (κ3) is 2.70. The molecule has 0 spiro atoms. The molecule has 0 saturated carbocycles. The second-order valence-electron chi connectivity index (χ2n) is 7.46. The van der Waals surface area contributed by atoms with Gasteiger partial charge in [0.05, 0.1) is 0 Å². The Balaban J connectivity index is 1.69. The van der Waals surface area contributed by atoms with Gasteiger partial charge in [-0.2, -0.15) is 0 Å². The maximum absolute atomic E-state index is 5.94. The van der Waals surface area contributed by atoms with Crippen LogP contribution in [0, 0.1) is 5.41 Å². The molecule has 1 saturated heterocycles. The highest BCUT2D eigenvalue weighted by Crippen LogP contribution is 2.36. The second-order valence-corrected chi connectivity index (χ2v) is 7.46. The Morgan fingerprint density at radius 3 is 2.80 bits per heavy atom. The van der Waals surface area contributed by atoms with Crippen LogP contribution in [-0.4, -0.2) is 30.1 Å². The van der Waals surface area contributed by atoms with Crippen molar-refractivity contribution in [2.45, 2.75) is 45.8 Å². The third-order valence-corrected chi connectivity index (χ3v) is 4.66. The van der Waals surface area contributed by atoms with Crippen molar-refractivity contribution in [3.63, 3.8) is 0 Å². The molecule has 0 radical (unpaired) electrons. The van der Waals surface area contributed by atoms with Gasteiger partial charge < -0.3 is 10.5 Å². The summed E-state index contributed by atoms with van der Waals surface area (Å²) in [6.07, 6.45) is 2.22. The molecule has 0 amide bonds. The Morgan fingerprint density at radius 1 is 1.30 bits per heavy atom. The van der Waals surface area contributed by atoms with Gasteiger partial charge in [0.25, 0.3) is 0 Å². The zero-order valence-electron chi connectivity index (χ0n) is 12.9. The number of benzene rings is 1. The lowest BCUT2D eigenvalue weighted by Gasteiger charge is -2.22. The molecule has 0 aliphatic carbocycles. The Morgan fingerprint density at radius 2 is 2.10 bits per heavy atom. The molecule has 0 aromatic heterocycles. The standard InChI is InChI=1S/C17H26N2O/c1-16(2)9-14-8-13(4-5-15(14)20-16)10-19-7-6-17(3,11-18)12-19/h4-5,8H,6-7,9-12,18H2,1-3H3. The van der Waals surface area contributed by atoms with E-state index in [-0.39, 0.29) is 5.60 Å². The minimum Gasteiger partial charge on any atom is -0.487 e. The van der Waals surface area contributed by atoms with Crippen LogP contribution in [-0.2, 0) is 13.0 Å². The summed E-state index contributed by atoms with van der Waals surface area (Å²) < 4.78 is 5.94. The van der Waals surface area contributed by atoms with E-state index < -0.39 is 0 Å². The molecule has 3 nitrogen and oxygen atoms in total. The predicted molar refractivity (Wildman–Crippen MR) is 81.9 cm³/mol. The van der Waals surface area contributed by atoms with Gasteiger partial charge in [-0.1, -0.05) is 19.1 Å². The van der Waals surface area contributed by atoms with Gasteiger partial charge in [0.1, 0.15) is 11.4 Å². The number of nitrogens with zero attached hydrogens (tertiary/aromatic N) is 1. The normalized spacial score (nSPS) is 28.4. The van der Waals surface area contributed by atoms with Crippen LogP contribution in [0.2, 0.25) is 0 Å². The second kappa shape index (κ2) is 4.74. The number of hydrogen-bond donors (Lipinski definition) is 1. The maximum Gasteiger partial charge on any atom is 0.123 e. The first kappa shape index (κ1) is 13.9. The van der Waals surface area contributed by atoms with Gasteiger partial charge in [-0.15, -0.1) is 0 Å². The molecular weight excluding hydrogens is 248 g/mol. The third-order valence-electron chi connectivity index (χ3n) is 4.66. The number of ether oxygens (including phenoxy) is 1. The number of fused-ring (bicyclic) bond motifs is 1. The van der Waals surface area contributed by atoms with Gasteiger partial charge in [-0.25, -0.2) is 0 Å². The molecule has 3 rings (SSSR count). The van der Waals surface area contributed by atoms with Crippen LogP contribution in [0.1, 0.15) is 38.3 Å². The monoisotopic (exact) mass is 274 g/mol. The fourth-order valence-corrected chi connectivity index (χ4v) is 3.45. The van der Waals surface area contributed by atoms with Crippen LogP contribution >= 0.6 is 0 Å². The van der Waals surface area contributed by atoms with Crippen molar-refractivity contribution in [3.8, 4) is 5.75 Å². The summed E-state index contributed by atoms with van der Waals surface area (Å²) in [5.41, 5.74) is 8.89. The summed E-state index contributed by atoms with van der Waals surface area (Å²) in [5.74, 6) is 1.06. The number of hydrogen-bond acceptors (Lipinski definition) is 3. The Kier molecular flexibility index (Phi) is 3.30. The van der Waals surface area contributed by atoms with Crippen LogP contribution in [0.25, 0.3) is 0 Å². The molecule has 110 valence electrons. The Hall–Kier alpha value is -1.06. The smallest absolute Gasteiger partial charge is 0.123 e. The lowest BCUT2D eigenvalue weighted by molar-refractivity contribution is 0.138. The summed E-state index contributed by atoms with van der Waals surface area (Å²) in [6, 6.07) is 6.66. The predicted octanol–water partition coefficient (Wildman–Crippen LogP) is 2.57. The van der Waals surface area contributed by atoms with E-state index in [0.29, 0.717) is 5.41 Å². The zero-order chi connectivity index (χ0) is 14.4. The van der Waals surface area contributed by atoms with E-state index in [4.69, 9.17) is 10.5 Å². The maximum atomic E-state index is 5.94. The average molecular weight is 274 g/mol. The summed E-state index contributed by atoms with van der Waals surface area (Å²) in [5, 5.41) is 0. The highest BCUT2D eigenvalue weighted by Gasteiger charge is 2.33. The van der Waals surface area contributed by atoms with Gasteiger partial charge in [0.15, 0.2) is 0 Å². The van der Waals surface area contributed by atoms with Crippen molar-refractivity contribution in [1.82, 2.24) is 4.90 Å². The van der Waals surface area contributed by atoms with Crippen LogP contribution in [0.3, 0.4) is 0 Å². The molecule has 2 aliphatic rings. The number of nitrogens with two attached hydrogens (primary N) is 1. The summed E-state index contributed by atoms with van der Waals surface area (Å²) >= 11 is 0. The van der Waals surface area contributed by atoms with E-state index >= 15 is 0 Å². The van der Waals surface area contributed by atoms with Crippen molar-refractivity contribution in [3.05, 3.63) is 29.3 Å². The quantitative estimate of drug-likeness (QED) is 0.920. The van der Waals surface area contributed by atoms with Gasteiger partial charge in [-0.3, -0.25) is 4.90 Å². The first-order chi connectivity index (χ1) is 9.39. The van der Waals surface area contributed by atoms with E-state index in [1.54, 1.807) is 0 Å². The van der Waals surface area contributed by atoms with Crippen molar-refractivity contribution >= 4 is 0 Å². The first-order valence-corrected chi connectivity index (χ1v) is 7.62. The van der Waals surface area contributed by atoms with Crippen LogP contribution < -0.4 is 10.5 Å². The molecule has 3 heteroatoms. The van der Waals surface area contributed by atoms with Crippen molar-refractivity contribution < 1.29 is 4.74 Å². The molecule has 1 aromatic carbocycles. The molecule has 2 N–H and O–H groups in total. The number of rotatable bonds is 3. The van der Waals surface area contributed by atoms with Gasteiger partial charge >= 0.3 is 0 Å². The average Bonchev–Trinajstić information content (AvgIpc) is 2.88. The van der Waals surface area contributed by atoms with E-state index in [9.17, 15) is 0 Å². The van der Waals surface area contributed by atoms with Gasteiger partial charge in [0.2, 0.25) is 0 Å². The van der Waals surface area contributed by atoms with Crippen molar-refractivity contribution in [1.29, 1.82) is 0 Å². The Bertz CT molecular complexity index is 512. The molecule has 1 atom stereocenters. The summed E-state index contributed by atoms with van der Waals surface area (Å²) in [7, 11) is 0. The van der Waals surface area contributed by atoms with Crippen LogP contribution in [0.4, 0.5) is 0 Å². The molecule has 2 aliphatic heterocycles. The number of likely N-dealkylation sites (tertiary alicyclic amines) is 1. The molecule has 1 fully saturated rings. The zero-order valence-corrected chi connectivity index (χ0v) is 12.9. The van der Waals surface area contributed by atoms with E-state index in [2.05, 4.69) is 43.9 Å². The fourth-order valence-electron chi connectivity index (χ4n) is 3.45. The largest absolute Gasteiger partial charge is 0.487 e. The van der Waals surface area contributed by atoms with E-state index in [1.165, 1.54) is 17.5 Å². The molecule has 20 heavy (non-hydrogen) atoms. The minimum atomic E-state index is -0.0489. The highest BCUT2D eigenvalue weighted by molar-refractivity contribution is 5.41. The Labute approximate surface area is 122 Å². The van der Waals surface area contributed by atoms with Crippen LogP contribution in [0.5, 0.6) is 5.75 Å². The molecule has 0 bridgehead atoms. The van der Waals surface area contributed by atoms with Gasteiger partial charge in [0, 0.05) is 19.5 Å².